The van der Waals surface area contributed by atoms with Crippen LogP contribution in [0.25, 0.3) is 0 Å². The van der Waals surface area contributed by atoms with Crippen molar-refractivity contribution in [2.45, 2.75) is 17.6 Å². The first kappa shape index (κ1) is 10.9. The van der Waals surface area contributed by atoms with E-state index in [4.69, 9.17) is 27.6 Å². The van der Waals surface area contributed by atoms with Gasteiger partial charge in [-0.05, 0) is 25.2 Å². The minimum absolute atomic E-state index is 0.410. The van der Waals surface area contributed by atoms with E-state index in [9.17, 15) is 0 Å². The SMILES string of the molecule is C[Si](C)(Oc1ccccc1)C(Cl)Cl. The Bertz CT molecular complexity index is 262. The van der Waals surface area contributed by atoms with Gasteiger partial charge in [-0.1, -0.05) is 18.2 Å². The van der Waals surface area contributed by atoms with E-state index in [0.29, 0.717) is 0 Å². The molecule has 0 aliphatic carbocycles. The van der Waals surface area contributed by atoms with Crippen molar-refractivity contribution in [2.75, 3.05) is 0 Å². The number of rotatable bonds is 3. The van der Waals surface area contributed by atoms with Gasteiger partial charge in [-0.25, -0.2) is 0 Å². The van der Waals surface area contributed by atoms with Crippen molar-refractivity contribution < 1.29 is 4.43 Å². The number of hydrogen-bond acceptors (Lipinski definition) is 1. The summed E-state index contributed by atoms with van der Waals surface area (Å²) >= 11 is 11.6. The molecule has 0 bridgehead atoms. The van der Waals surface area contributed by atoms with E-state index in [1.54, 1.807) is 0 Å². The maximum absolute atomic E-state index is 5.82. The number of halogens is 2. The van der Waals surface area contributed by atoms with Gasteiger partial charge < -0.3 is 4.43 Å². The quantitative estimate of drug-likeness (QED) is 0.574. The molecule has 72 valence electrons. The van der Waals surface area contributed by atoms with E-state index in [0.717, 1.165) is 5.75 Å². The Hall–Kier alpha value is -0.183. The van der Waals surface area contributed by atoms with Gasteiger partial charge >= 0.3 is 0 Å². The number of para-hydroxylation sites is 1. The van der Waals surface area contributed by atoms with Crippen molar-refractivity contribution in [3.63, 3.8) is 0 Å². The molecule has 0 saturated heterocycles. The summed E-state index contributed by atoms with van der Waals surface area (Å²) in [5.41, 5.74) is 0. The van der Waals surface area contributed by atoms with E-state index < -0.39 is 12.8 Å². The molecular formula is C9H12Cl2OSi. The van der Waals surface area contributed by atoms with E-state index in [-0.39, 0.29) is 0 Å². The third-order valence-corrected chi connectivity index (χ3v) is 6.62. The standard InChI is InChI=1S/C9H12Cl2OSi/c1-13(2,9(10)11)12-8-6-4-3-5-7-8/h3-7,9H,1-2H3. The van der Waals surface area contributed by atoms with Crippen LogP contribution in [0.2, 0.25) is 13.1 Å². The van der Waals surface area contributed by atoms with Gasteiger partial charge in [0.25, 0.3) is 8.32 Å². The summed E-state index contributed by atoms with van der Waals surface area (Å²) in [7, 11) is -1.99. The molecule has 0 amide bonds. The number of alkyl halides is 2. The zero-order chi connectivity index (χ0) is 9.90. The fraction of sp³-hybridized carbons (Fsp3) is 0.333. The van der Waals surface area contributed by atoms with E-state index in [2.05, 4.69) is 0 Å². The lowest BCUT2D eigenvalue weighted by molar-refractivity contribution is 0.553. The molecule has 0 N–H and O–H groups in total. The Morgan fingerprint density at radius 2 is 1.69 bits per heavy atom. The van der Waals surface area contributed by atoms with Crippen LogP contribution in [0.5, 0.6) is 5.75 Å². The average molecular weight is 235 g/mol. The Labute approximate surface area is 89.8 Å². The highest BCUT2D eigenvalue weighted by Gasteiger charge is 2.32. The van der Waals surface area contributed by atoms with Crippen LogP contribution in [0.4, 0.5) is 0 Å². The third kappa shape index (κ3) is 3.22. The third-order valence-electron chi connectivity index (χ3n) is 1.65. The zero-order valence-electron chi connectivity index (χ0n) is 7.63. The predicted molar refractivity (Wildman–Crippen MR) is 60.0 cm³/mol. The monoisotopic (exact) mass is 234 g/mol. The number of hydrogen-bond donors (Lipinski definition) is 0. The van der Waals surface area contributed by atoms with Crippen molar-refractivity contribution in [2.24, 2.45) is 0 Å². The smallest absolute Gasteiger partial charge is 0.277 e. The van der Waals surface area contributed by atoms with Gasteiger partial charge in [0.2, 0.25) is 0 Å². The highest BCUT2D eigenvalue weighted by molar-refractivity contribution is 6.88. The summed E-state index contributed by atoms with van der Waals surface area (Å²) in [6.45, 7) is 3.98. The number of benzene rings is 1. The van der Waals surface area contributed by atoms with Crippen molar-refractivity contribution in [3.05, 3.63) is 30.3 Å². The first-order valence-corrected chi connectivity index (χ1v) is 7.90. The van der Waals surface area contributed by atoms with Gasteiger partial charge in [0.05, 0.1) is 0 Å². The van der Waals surface area contributed by atoms with Gasteiger partial charge in [0, 0.05) is 0 Å². The molecule has 0 atom stereocenters. The molecular weight excluding hydrogens is 223 g/mol. The molecule has 0 fully saturated rings. The molecule has 1 rings (SSSR count). The van der Waals surface area contributed by atoms with E-state index in [1.807, 2.05) is 43.4 Å². The highest BCUT2D eigenvalue weighted by Crippen LogP contribution is 2.22. The molecule has 4 heteroatoms. The molecule has 0 aromatic heterocycles. The van der Waals surface area contributed by atoms with Crippen LogP contribution >= 0.6 is 23.2 Å². The van der Waals surface area contributed by atoms with Gasteiger partial charge in [-0.2, -0.15) is 0 Å². The fourth-order valence-electron chi connectivity index (χ4n) is 0.837. The Morgan fingerprint density at radius 3 is 2.15 bits per heavy atom. The molecule has 0 aliphatic rings. The minimum atomic E-state index is -1.99. The van der Waals surface area contributed by atoms with Crippen LogP contribution in [0, 0.1) is 0 Å². The summed E-state index contributed by atoms with van der Waals surface area (Å²) in [4.78, 5) is 0. The first-order chi connectivity index (χ1) is 6.02. The maximum Gasteiger partial charge on any atom is 0.277 e. The van der Waals surface area contributed by atoms with Crippen molar-refractivity contribution in [3.8, 4) is 5.75 Å². The highest BCUT2D eigenvalue weighted by atomic mass is 35.5. The normalized spacial score (nSPS) is 11.8. The van der Waals surface area contributed by atoms with Crippen LogP contribution in [-0.4, -0.2) is 12.8 Å². The lowest BCUT2D eigenvalue weighted by Gasteiger charge is -2.24. The fourth-order valence-corrected chi connectivity index (χ4v) is 1.94. The molecule has 0 radical (unpaired) electrons. The minimum Gasteiger partial charge on any atom is -0.541 e. The molecule has 1 aromatic carbocycles. The summed E-state index contributed by atoms with van der Waals surface area (Å²) in [6, 6.07) is 9.62. The van der Waals surface area contributed by atoms with Gasteiger partial charge in [-0.3, -0.25) is 0 Å². The van der Waals surface area contributed by atoms with Crippen LogP contribution in [0.3, 0.4) is 0 Å². The molecule has 0 saturated carbocycles. The second kappa shape index (κ2) is 4.36. The molecule has 0 heterocycles. The Balaban J connectivity index is 2.69. The average Bonchev–Trinajstić information content (AvgIpc) is 2.05. The van der Waals surface area contributed by atoms with Crippen LogP contribution in [-0.2, 0) is 0 Å². The zero-order valence-corrected chi connectivity index (χ0v) is 10.1. The van der Waals surface area contributed by atoms with Gasteiger partial charge in [0.15, 0.2) is 0 Å². The van der Waals surface area contributed by atoms with Crippen molar-refractivity contribution in [1.29, 1.82) is 0 Å². The predicted octanol–water partition coefficient (Wildman–Crippen LogP) is 3.61. The van der Waals surface area contributed by atoms with Crippen LogP contribution in [0.1, 0.15) is 0 Å². The second-order valence-electron chi connectivity index (χ2n) is 3.32. The summed E-state index contributed by atoms with van der Waals surface area (Å²) in [6.07, 6.45) is 0. The van der Waals surface area contributed by atoms with Crippen LogP contribution in [0.15, 0.2) is 30.3 Å². The largest absolute Gasteiger partial charge is 0.541 e. The summed E-state index contributed by atoms with van der Waals surface area (Å²) < 4.78 is 5.33. The van der Waals surface area contributed by atoms with E-state index in [1.165, 1.54) is 0 Å². The summed E-state index contributed by atoms with van der Waals surface area (Å²) in [5.74, 6) is 0.838. The van der Waals surface area contributed by atoms with Crippen molar-refractivity contribution in [1.82, 2.24) is 0 Å². The van der Waals surface area contributed by atoms with E-state index >= 15 is 0 Å². The second-order valence-corrected chi connectivity index (χ2v) is 9.14. The van der Waals surface area contributed by atoms with Crippen LogP contribution < -0.4 is 4.43 Å². The lowest BCUT2D eigenvalue weighted by atomic mass is 10.3. The molecule has 1 aromatic rings. The topological polar surface area (TPSA) is 9.23 Å². The first-order valence-electron chi connectivity index (χ1n) is 4.04. The lowest BCUT2D eigenvalue weighted by Crippen LogP contribution is -2.41. The molecule has 13 heavy (non-hydrogen) atoms. The molecule has 0 spiro atoms. The summed E-state index contributed by atoms with van der Waals surface area (Å²) in [5, 5.41) is 0. The molecule has 0 unspecified atom stereocenters. The Kier molecular flexibility index (Phi) is 3.65. The van der Waals surface area contributed by atoms with Crippen molar-refractivity contribution >= 4 is 31.5 Å². The molecule has 0 aliphatic heterocycles. The maximum atomic E-state index is 5.82. The van der Waals surface area contributed by atoms with Gasteiger partial charge in [-0.15, -0.1) is 23.2 Å². The molecule has 1 nitrogen and oxygen atoms in total. The Morgan fingerprint density at radius 1 is 1.15 bits per heavy atom. The van der Waals surface area contributed by atoms with Gasteiger partial charge in [0.1, 0.15) is 10.2 Å².